The third kappa shape index (κ3) is 5.88. The fourth-order valence-electron chi connectivity index (χ4n) is 3.67. The number of H-pyrrole nitrogens is 1. The molecule has 0 aliphatic heterocycles. The van der Waals surface area contributed by atoms with E-state index in [2.05, 4.69) is 20.5 Å². The van der Waals surface area contributed by atoms with Crippen LogP contribution in [0, 0.1) is 11.6 Å². The molecule has 2 aromatic carbocycles. The number of nitrogen functional groups attached to an aromatic ring is 1. The number of fused-ring (bicyclic) bond motifs is 1. The van der Waals surface area contributed by atoms with Crippen molar-refractivity contribution in [2.75, 3.05) is 16.0 Å². The number of nitrogens with zero attached hydrogens (tertiary/aromatic N) is 4. The van der Waals surface area contributed by atoms with Gasteiger partial charge in [-0.15, -0.1) is 0 Å². The Morgan fingerprint density at radius 1 is 1.10 bits per heavy atom. The Hall–Kier alpha value is -5.33. The van der Waals surface area contributed by atoms with Crippen LogP contribution in [0.5, 0.6) is 11.5 Å². The fourth-order valence-corrected chi connectivity index (χ4v) is 3.67. The highest BCUT2D eigenvalue weighted by molar-refractivity contribution is 6.07. The summed E-state index contributed by atoms with van der Waals surface area (Å²) < 4.78 is 33.8. The summed E-state index contributed by atoms with van der Waals surface area (Å²) in [4.78, 5) is 43.7. The van der Waals surface area contributed by atoms with Gasteiger partial charge in [0, 0.05) is 41.8 Å². The van der Waals surface area contributed by atoms with Crippen LogP contribution in [-0.2, 0) is 9.59 Å². The van der Waals surface area contributed by atoms with Crippen LogP contribution in [0.3, 0.4) is 0 Å². The topological polar surface area (TPSA) is 147 Å². The average molecular weight is 550 g/mol. The molecule has 0 aliphatic rings. The normalized spacial score (nSPS) is 11.4. The molecule has 13 heteroatoms. The fraction of sp³-hybridized carbons (Fsp3) is 0.148. The number of imide groups is 1. The number of halogens is 2. The molecule has 0 saturated carbocycles. The standard InChI is InChI=1S/C27H25F2N7O4/c1-15(2)35(27(39)36(14-37)19-7-4-17(28)5-8-19)13-16(3)26(38)32-18-6-9-21(20(29)12-18)40-22-10-11-31-25-23(22)24(30)33-34-25/h4-15H,1-3H3,(H,32,38)(H3,30,31,33,34)/b16-13+. The zero-order valence-electron chi connectivity index (χ0n) is 21.7. The van der Waals surface area contributed by atoms with Gasteiger partial charge in [-0.1, -0.05) is 0 Å². The number of anilines is 3. The first kappa shape index (κ1) is 27.7. The molecule has 2 heterocycles. The van der Waals surface area contributed by atoms with Crippen molar-refractivity contribution in [2.24, 2.45) is 0 Å². The summed E-state index contributed by atoms with van der Waals surface area (Å²) in [6.45, 7) is 4.84. The van der Waals surface area contributed by atoms with Crippen LogP contribution in [0.1, 0.15) is 20.8 Å². The number of ether oxygens (including phenoxy) is 1. The van der Waals surface area contributed by atoms with E-state index in [0.29, 0.717) is 17.4 Å². The lowest BCUT2D eigenvalue weighted by molar-refractivity contribution is -0.112. The minimum absolute atomic E-state index is 0.0994. The second kappa shape index (κ2) is 11.6. The van der Waals surface area contributed by atoms with E-state index in [1.165, 1.54) is 54.6 Å². The number of hydrogen-bond acceptors (Lipinski definition) is 7. The summed E-state index contributed by atoms with van der Waals surface area (Å²) in [6.07, 6.45) is 3.04. The number of nitrogens with one attached hydrogen (secondary N) is 2. The minimum Gasteiger partial charge on any atom is -0.453 e. The molecule has 206 valence electrons. The number of rotatable bonds is 8. The second-order valence-electron chi connectivity index (χ2n) is 8.89. The summed E-state index contributed by atoms with van der Waals surface area (Å²) in [7, 11) is 0. The molecule has 4 rings (SSSR count). The first-order valence-corrected chi connectivity index (χ1v) is 12.0. The van der Waals surface area contributed by atoms with E-state index in [9.17, 15) is 23.2 Å². The minimum atomic E-state index is -0.758. The van der Waals surface area contributed by atoms with Gasteiger partial charge in [0.1, 0.15) is 17.0 Å². The number of hydrogen-bond donors (Lipinski definition) is 3. The summed E-state index contributed by atoms with van der Waals surface area (Å²) in [5.74, 6) is -1.63. The van der Waals surface area contributed by atoms with Gasteiger partial charge in [-0.25, -0.2) is 23.5 Å². The van der Waals surface area contributed by atoms with E-state index in [4.69, 9.17) is 10.5 Å². The third-order valence-corrected chi connectivity index (χ3v) is 5.75. The Morgan fingerprint density at radius 3 is 2.48 bits per heavy atom. The van der Waals surface area contributed by atoms with Gasteiger partial charge in [-0.2, -0.15) is 5.10 Å². The smallest absolute Gasteiger partial charge is 0.335 e. The number of amides is 4. The highest BCUT2D eigenvalue weighted by Gasteiger charge is 2.24. The number of nitrogens with two attached hydrogens (primary N) is 1. The third-order valence-electron chi connectivity index (χ3n) is 5.75. The molecule has 11 nitrogen and oxygen atoms in total. The van der Waals surface area contributed by atoms with Crippen LogP contribution in [0.2, 0.25) is 0 Å². The molecule has 0 spiro atoms. The monoisotopic (exact) mass is 549 g/mol. The maximum atomic E-state index is 14.9. The number of benzene rings is 2. The number of carbonyl (C=O) groups is 3. The number of aromatic nitrogens is 3. The molecule has 40 heavy (non-hydrogen) atoms. The molecule has 0 atom stereocenters. The van der Waals surface area contributed by atoms with Crippen molar-refractivity contribution in [3.05, 3.63) is 78.1 Å². The molecule has 4 amide bonds. The van der Waals surface area contributed by atoms with Crippen molar-refractivity contribution < 1.29 is 27.9 Å². The molecule has 0 aliphatic carbocycles. The van der Waals surface area contributed by atoms with Crippen LogP contribution in [0.4, 0.5) is 30.8 Å². The lowest BCUT2D eigenvalue weighted by Gasteiger charge is -2.28. The van der Waals surface area contributed by atoms with Crippen molar-refractivity contribution in [3.8, 4) is 11.5 Å². The molecule has 0 unspecified atom stereocenters. The maximum Gasteiger partial charge on any atom is 0.335 e. The van der Waals surface area contributed by atoms with Gasteiger partial charge in [-0.05, 0) is 57.2 Å². The molecule has 2 aromatic heterocycles. The number of pyridine rings is 1. The van der Waals surface area contributed by atoms with Crippen LogP contribution >= 0.6 is 0 Å². The van der Waals surface area contributed by atoms with Crippen LogP contribution in [-0.4, -0.2) is 44.5 Å². The molecule has 0 bridgehead atoms. The van der Waals surface area contributed by atoms with Gasteiger partial charge < -0.3 is 15.8 Å². The maximum absolute atomic E-state index is 14.9. The van der Waals surface area contributed by atoms with Crippen LogP contribution in [0.25, 0.3) is 11.0 Å². The lowest BCUT2D eigenvalue weighted by atomic mass is 10.2. The van der Waals surface area contributed by atoms with E-state index < -0.39 is 29.6 Å². The Balaban J connectivity index is 1.49. The molecular formula is C27H25F2N7O4. The predicted octanol–water partition coefficient (Wildman–Crippen LogP) is 4.95. The molecule has 0 saturated heterocycles. The van der Waals surface area contributed by atoms with E-state index in [-0.39, 0.29) is 34.3 Å². The van der Waals surface area contributed by atoms with Gasteiger partial charge in [-0.3, -0.25) is 19.6 Å². The summed E-state index contributed by atoms with van der Waals surface area (Å²) in [5.41, 5.74) is 6.61. The molecule has 4 N–H and O–H groups in total. The Labute approximate surface area is 227 Å². The van der Waals surface area contributed by atoms with Crippen LogP contribution in [0.15, 0.2) is 66.5 Å². The van der Waals surface area contributed by atoms with Gasteiger partial charge in [0.15, 0.2) is 23.0 Å². The van der Waals surface area contributed by atoms with Crippen LogP contribution < -0.4 is 20.7 Å². The number of aromatic amines is 1. The van der Waals surface area contributed by atoms with Crippen molar-refractivity contribution in [2.45, 2.75) is 26.8 Å². The van der Waals surface area contributed by atoms with Crippen molar-refractivity contribution in [3.63, 3.8) is 0 Å². The SMILES string of the molecule is C/C(=C\N(C(=O)N(C=O)c1ccc(F)cc1)C(C)C)C(=O)Nc1ccc(Oc2ccnc3[nH]nc(N)c23)c(F)c1. The summed E-state index contributed by atoms with van der Waals surface area (Å²) >= 11 is 0. The van der Waals surface area contributed by atoms with Crippen molar-refractivity contribution in [1.29, 1.82) is 0 Å². The van der Waals surface area contributed by atoms with Gasteiger partial charge in [0.25, 0.3) is 5.91 Å². The summed E-state index contributed by atoms with van der Waals surface area (Å²) in [5, 5.41) is 9.47. The zero-order valence-corrected chi connectivity index (χ0v) is 21.7. The average Bonchev–Trinajstić information content (AvgIpc) is 3.31. The highest BCUT2D eigenvalue weighted by Crippen LogP contribution is 2.33. The van der Waals surface area contributed by atoms with E-state index in [1.54, 1.807) is 13.8 Å². The highest BCUT2D eigenvalue weighted by atomic mass is 19.1. The predicted molar refractivity (Wildman–Crippen MR) is 144 cm³/mol. The lowest BCUT2D eigenvalue weighted by Crippen LogP contribution is -2.43. The van der Waals surface area contributed by atoms with E-state index in [0.717, 1.165) is 23.1 Å². The number of carbonyl (C=O) groups excluding carboxylic acids is 3. The van der Waals surface area contributed by atoms with E-state index >= 15 is 0 Å². The quantitative estimate of drug-likeness (QED) is 0.208. The Morgan fingerprint density at radius 2 is 1.82 bits per heavy atom. The van der Waals surface area contributed by atoms with Gasteiger partial charge in [0.2, 0.25) is 6.41 Å². The largest absolute Gasteiger partial charge is 0.453 e. The zero-order chi connectivity index (χ0) is 29.0. The molecule has 0 fully saturated rings. The van der Waals surface area contributed by atoms with E-state index in [1.807, 2.05) is 0 Å². The first-order chi connectivity index (χ1) is 19.1. The molecular weight excluding hydrogens is 524 g/mol. The second-order valence-corrected chi connectivity index (χ2v) is 8.89. The summed E-state index contributed by atoms with van der Waals surface area (Å²) in [6, 6.07) is 8.97. The Bertz CT molecular complexity index is 1600. The molecule has 0 radical (unpaired) electrons. The van der Waals surface area contributed by atoms with Gasteiger partial charge >= 0.3 is 6.03 Å². The first-order valence-electron chi connectivity index (χ1n) is 12.0. The Kier molecular flexibility index (Phi) is 8.03. The van der Waals surface area contributed by atoms with Crippen molar-refractivity contribution >= 4 is 46.6 Å². The van der Waals surface area contributed by atoms with Crippen molar-refractivity contribution in [1.82, 2.24) is 20.1 Å². The van der Waals surface area contributed by atoms with Gasteiger partial charge in [0.05, 0.1) is 5.69 Å². The molecule has 4 aromatic rings. The number of urea groups is 1.